The molecule has 1 aliphatic heterocycles. The number of hydrogen-bond donors (Lipinski definition) is 2. The molecule has 8 heteroatoms. The number of benzene rings is 1. The van der Waals surface area contributed by atoms with Crippen LogP contribution in [-0.4, -0.2) is 44.1 Å². The van der Waals surface area contributed by atoms with E-state index in [1.807, 2.05) is 6.92 Å². The zero-order chi connectivity index (χ0) is 18.0. The number of nitrogens with one attached hydrogen (secondary N) is 1. The zero-order valence-electron chi connectivity index (χ0n) is 15.0. The fraction of sp³-hybridized carbons (Fsp3) is 0.588. The fourth-order valence-electron chi connectivity index (χ4n) is 2.94. The number of carbonyl (C=O) groups excluding carboxylic acids is 1. The summed E-state index contributed by atoms with van der Waals surface area (Å²) in [6, 6.07) is 6.73. The van der Waals surface area contributed by atoms with Gasteiger partial charge in [-0.05, 0) is 36.5 Å². The molecular weight excluding hydrogens is 362 g/mol. The largest absolute Gasteiger partial charge is 0.338 e. The SMILES string of the molecule is CCCS(=O)(=O)Nc1cccc(C(=O)N2CCC(N)C(C)(C)C2)c1.Cl. The number of nitrogens with two attached hydrogens (primary N) is 1. The lowest BCUT2D eigenvalue weighted by Gasteiger charge is -2.42. The Morgan fingerprint density at radius 3 is 2.68 bits per heavy atom. The number of hydrogen-bond acceptors (Lipinski definition) is 4. The van der Waals surface area contributed by atoms with Gasteiger partial charge in [-0.2, -0.15) is 0 Å². The Kier molecular flexibility index (Phi) is 7.28. The van der Waals surface area contributed by atoms with Crippen molar-refractivity contribution in [2.45, 2.75) is 39.7 Å². The average Bonchev–Trinajstić information content (AvgIpc) is 2.49. The quantitative estimate of drug-likeness (QED) is 0.808. The van der Waals surface area contributed by atoms with Crippen LogP contribution in [0.2, 0.25) is 0 Å². The summed E-state index contributed by atoms with van der Waals surface area (Å²) in [6.45, 7) is 7.15. The van der Waals surface area contributed by atoms with E-state index in [1.165, 1.54) is 0 Å². The monoisotopic (exact) mass is 389 g/mol. The van der Waals surface area contributed by atoms with Gasteiger partial charge in [0.05, 0.1) is 5.75 Å². The molecule has 0 aliphatic carbocycles. The van der Waals surface area contributed by atoms with Gasteiger partial charge in [0.1, 0.15) is 0 Å². The number of piperidine rings is 1. The van der Waals surface area contributed by atoms with Crippen molar-refractivity contribution in [3.05, 3.63) is 29.8 Å². The lowest BCUT2D eigenvalue weighted by atomic mass is 9.79. The second kappa shape index (κ2) is 8.38. The zero-order valence-corrected chi connectivity index (χ0v) is 16.6. The van der Waals surface area contributed by atoms with E-state index in [0.717, 1.165) is 6.42 Å². The summed E-state index contributed by atoms with van der Waals surface area (Å²) in [7, 11) is -3.37. The lowest BCUT2D eigenvalue weighted by molar-refractivity contribution is 0.0533. The van der Waals surface area contributed by atoms with Gasteiger partial charge in [0, 0.05) is 30.4 Å². The normalized spacial score (nSPS) is 19.8. The van der Waals surface area contributed by atoms with Gasteiger partial charge in [-0.3, -0.25) is 9.52 Å². The molecule has 1 fully saturated rings. The van der Waals surface area contributed by atoms with E-state index in [-0.39, 0.29) is 35.5 Å². The van der Waals surface area contributed by atoms with E-state index in [2.05, 4.69) is 18.6 Å². The smallest absolute Gasteiger partial charge is 0.253 e. The molecule has 25 heavy (non-hydrogen) atoms. The molecular formula is C17H28ClN3O3S. The van der Waals surface area contributed by atoms with Crippen LogP contribution in [0.3, 0.4) is 0 Å². The molecule has 0 spiro atoms. The summed E-state index contributed by atoms with van der Waals surface area (Å²) in [5.41, 5.74) is 6.89. The third-order valence-electron chi connectivity index (χ3n) is 4.46. The summed E-state index contributed by atoms with van der Waals surface area (Å²) in [5, 5.41) is 0. The van der Waals surface area contributed by atoms with Crippen LogP contribution in [0.4, 0.5) is 5.69 Å². The maximum absolute atomic E-state index is 12.7. The van der Waals surface area contributed by atoms with Crippen molar-refractivity contribution in [1.29, 1.82) is 0 Å². The molecule has 1 aromatic rings. The van der Waals surface area contributed by atoms with Crippen molar-refractivity contribution in [3.8, 4) is 0 Å². The van der Waals surface area contributed by atoms with Gasteiger partial charge in [0.15, 0.2) is 0 Å². The van der Waals surface area contributed by atoms with Crippen molar-refractivity contribution in [2.24, 2.45) is 11.1 Å². The van der Waals surface area contributed by atoms with Gasteiger partial charge in [0.25, 0.3) is 5.91 Å². The Labute approximate surface area is 156 Å². The van der Waals surface area contributed by atoms with Crippen molar-refractivity contribution in [2.75, 3.05) is 23.6 Å². The van der Waals surface area contributed by atoms with Crippen molar-refractivity contribution < 1.29 is 13.2 Å². The highest BCUT2D eigenvalue weighted by atomic mass is 35.5. The number of halogens is 1. The summed E-state index contributed by atoms with van der Waals surface area (Å²) >= 11 is 0. The summed E-state index contributed by atoms with van der Waals surface area (Å²) < 4.78 is 26.3. The van der Waals surface area contributed by atoms with E-state index in [1.54, 1.807) is 29.2 Å². The number of rotatable bonds is 5. The fourth-order valence-corrected chi connectivity index (χ4v) is 4.07. The van der Waals surface area contributed by atoms with Crippen LogP contribution in [0.1, 0.15) is 44.0 Å². The van der Waals surface area contributed by atoms with Gasteiger partial charge in [-0.25, -0.2) is 8.42 Å². The minimum absolute atomic E-state index is 0. The summed E-state index contributed by atoms with van der Waals surface area (Å²) in [6.07, 6.45) is 1.30. The van der Waals surface area contributed by atoms with Crippen LogP contribution in [-0.2, 0) is 10.0 Å². The molecule has 142 valence electrons. The maximum Gasteiger partial charge on any atom is 0.253 e. The molecule has 1 atom stereocenters. The molecule has 1 heterocycles. The average molecular weight is 390 g/mol. The Hall–Kier alpha value is -1.31. The van der Waals surface area contributed by atoms with Gasteiger partial charge < -0.3 is 10.6 Å². The molecule has 0 radical (unpaired) electrons. The van der Waals surface area contributed by atoms with Gasteiger partial charge in [-0.15, -0.1) is 12.4 Å². The molecule has 1 amide bonds. The standard InChI is InChI=1S/C17H27N3O3S.ClH/c1-4-10-24(22,23)19-14-7-5-6-13(11-14)16(21)20-9-8-15(18)17(2,3)12-20;/h5-7,11,15,19H,4,8-10,12,18H2,1-3H3;1H. The predicted molar refractivity (Wildman–Crippen MR) is 104 cm³/mol. The van der Waals surface area contributed by atoms with E-state index in [0.29, 0.717) is 30.8 Å². The van der Waals surface area contributed by atoms with E-state index >= 15 is 0 Å². The van der Waals surface area contributed by atoms with Crippen molar-refractivity contribution >= 4 is 34.0 Å². The second-order valence-electron chi connectivity index (χ2n) is 7.11. The number of nitrogens with zero attached hydrogens (tertiary/aromatic N) is 1. The van der Waals surface area contributed by atoms with Crippen LogP contribution < -0.4 is 10.5 Å². The molecule has 1 aliphatic rings. The van der Waals surface area contributed by atoms with Crippen LogP contribution in [0.15, 0.2) is 24.3 Å². The Morgan fingerprint density at radius 1 is 1.40 bits per heavy atom. The van der Waals surface area contributed by atoms with Crippen LogP contribution in [0, 0.1) is 5.41 Å². The highest BCUT2D eigenvalue weighted by molar-refractivity contribution is 7.92. The van der Waals surface area contributed by atoms with Crippen LogP contribution in [0.5, 0.6) is 0 Å². The van der Waals surface area contributed by atoms with Gasteiger partial charge >= 0.3 is 0 Å². The molecule has 0 saturated carbocycles. The first-order chi connectivity index (χ1) is 11.1. The molecule has 1 saturated heterocycles. The number of sulfonamides is 1. The van der Waals surface area contributed by atoms with Crippen LogP contribution in [0.25, 0.3) is 0 Å². The molecule has 0 bridgehead atoms. The number of carbonyl (C=O) groups is 1. The van der Waals surface area contributed by atoms with E-state index in [4.69, 9.17) is 5.73 Å². The molecule has 0 aromatic heterocycles. The lowest BCUT2D eigenvalue weighted by Crippen LogP contribution is -2.54. The van der Waals surface area contributed by atoms with Crippen LogP contribution >= 0.6 is 12.4 Å². The van der Waals surface area contributed by atoms with Gasteiger partial charge in [0.2, 0.25) is 10.0 Å². The van der Waals surface area contributed by atoms with Crippen molar-refractivity contribution in [3.63, 3.8) is 0 Å². The Bertz CT molecular complexity index is 707. The van der Waals surface area contributed by atoms with Gasteiger partial charge in [-0.1, -0.05) is 26.8 Å². The topological polar surface area (TPSA) is 92.5 Å². The summed E-state index contributed by atoms with van der Waals surface area (Å²) in [5.74, 6) is -0.0323. The highest BCUT2D eigenvalue weighted by Crippen LogP contribution is 2.28. The highest BCUT2D eigenvalue weighted by Gasteiger charge is 2.35. The predicted octanol–water partition coefficient (Wildman–Crippen LogP) is 2.46. The number of anilines is 1. The maximum atomic E-state index is 12.7. The third-order valence-corrected chi connectivity index (χ3v) is 5.95. The molecule has 2 rings (SSSR count). The van der Waals surface area contributed by atoms with Crippen molar-refractivity contribution in [1.82, 2.24) is 4.90 Å². The van der Waals surface area contributed by atoms with E-state index < -0.39 is 10.0 Å². The number of amides is 1. The third kappa shape index (κ3) is 5.59. The molecule has 3 N–H and O–H groups in total. The molecule has 1 aromatic carbocycles. The number of likely N-dealkylation sites (tertiary alicyclic amines) is 1. The Morgan fingerprint density at radius 2 is 2.08 bits per heavy atom. The first-order valence-corrected chi connectivity index (χ1v) is 9.95. The molecule has 6 nitrogen and oxygen atoms in total. The first-order valence-electron chi connectivity index (χ1n) is 8.30. The molecule has 1 unspecified atom stereocenters. The second-order valence-corrected chi connectivity index (χ2v) is 8.95. The minimum Gasteiger partial charge on any atom is -0.338 e. The first kappa shape index (κ1) is 21.7. The minimum atomic E-state index is -3.37. The summed E-state index contributed by atoms with van der Waals surface area (Å²) in [4.78, 5) is 14.5. The Balaban J connectivity index is 0.00000312. The van der Waals surface area contributed by atoms with E-state index in [9.17, 15) is 13.2 Å².